The van der Waals surface area contributed by atoms with Gasteiger partial charge in [0.2, 0.25) is 0 Å². The Hall–Kier alpha value is -1.19. The number of rotatable bonds is 3. The van der Waals surface area contributed by atoms with Crippen LogP contribution in [0.2, 0.25) is 10.0 Å². The summed E-state index contributed by atoms with van der Waals surface area (Å²) in [7, 11) is 0. The molecule has 0 aromatic heterocycles. The molecular weight excluding hydrogens is 231 g/mol. The lowest BCUT2D eigenvalue weighted by Crippen LogP contribution is -2.20. The summed E-state index contributed by atoms with van der Waals surface area (Å²) in [5.74, 6) is 2.40. The lowest BCUT2D eigenvalue weighted by molar-refractivity contribution is 0.691. The number of nitriles is 1. The Labute approximate surface area is 98.8 Å². The lowest BCUT2D eigenvalue weighted by atomic mass is 10.1. The second-order valence-electron chi connectivity index (χ2n) is 2.85. The van der Waals surface area contributed by atoms with Crippen molar-refractivity contribution >= 4 is 23.2 Å². The first-order valence-corrected chi connectivity index (χ1v) is 4.95. The quantitative estimate of drug-likeness (QED) is 0.823. The van der Waals surface area contributed by atoms with Crippen LogP contribution in [0.5, 0.6) is 0 Å². The fourth-order valence-corrected chi connectivity index (χ4v) is 1.68. The first-order valence-electron chi connectivity index (χ1n) is 4.20. The van der Waals surface area contributed by atoms with Gasteiger partial charge in [0.1, 0.15) is 6.04 Å². The highest BCUT2D eigenvalue weighted by Gasteiger charge is 2.10. The second kappa shape index (κ2) is 5.63. The summed E-state index contributed by atoms with van der Waals surface area (Å²) < 4.78 is 0. The van der Waals surface area contributed by atoms with Crippen LogP contribution in [0.3, 0.4) is 0 Å². The van der Waals surface area contributed by atoms with Crippen molar-refractivity contribution in [1.29, 1.82) is 5.26 Å². The maximum absolute atomic E-state index is 8.92. The van der Waals surface area contributed by atoms with E-state index < -0.39 is 6.04 Å². The van der Waals surface area contributed by atoms with Crippen molar-refractivity contribution in [2.45, 2.75) is 6.04 Å². The Balaban J connectivity index is 2.93. The third kappa shape index (κ3) is 3.46. The molecule has 0 amide bonds. The van der Waals surface area contributed by atoms with Crippen molar-refractivity contribution < 1.29 is 0 Å². The number of nitrogens with one attached hydrogen (secondary N) is 1. The smallest absolute Gasteiger partial charge is 0.122 e. The van der Waals surface area contributed by atoms with Crippen molar-refractivity contribution in [1.82, 2.24) is 5.32 Å². The minimum Gasteiger partial charge on any atom is -0.287 e. The zero-order chi connectivity index (χ0) is 11.3. The number of hydrogen-bond donors (Lipinski definition) is 1. The molecule has 1 aromatic rings. The Kier molecular flexibility index (Phi) is 4.46. The highest BCUT2D eigenvalue weighted by atomic mass is 35.5. The molecule has 0 bridgehead atoms. The van der Waals surface area contributed by atoms with E-state index in [9.17, 15) is 0 Å². The van der Waals surface area contributed by atoms with Crippen LogP contribution in [0.25, 0.3) is 0 Å². The van der Waals surface area contributed by atoms with Crippen LogP contribution in [0.15, 0.2) is 18.2 Å². The maximum atomic E-state index is 8.92. The normalized spacial score (nSPS) is 11.5. The summed E-state index contributed by atoms with van der Waals surface area (Å²) in [6, 6.07) is 6.58. The van der Waals surface area contributed by atoms with Crippen LogP contribution in [0.4, 0.5) is 0 Å². The topological polar surface area (TPSA) is 35.8 Å². The average Bonchev–Trinajstić information content (AvgIpc) is 2.17. The third-order valence-electron chi connectivity index (χ3n) is 1.76. The monoisotopic (exact) mass is 238 g/mol. The molecule has 0 radical (unpaired) electrons. The molecular formula is C11H8Cl2N2. The van der Waals surface area contributed by atoms with E-state index in [0.29, 0.717) is 22.2 Å². The van der Waals surface area contributed by atoms with Gasteiger partial charge in [0.05, 0.1) is 12.6 Å². The molecule has 1 aromatic carbocycles. The van der Waals surface area contributed by atoms with E-state index in [0.717, 1.165) is 0 Å². The Morgan fingerprint density at radius 2 is 1.93 bits per heavy atom. The number of benzene rings is 1. The van der Waals surface area contributed by atoms with E-state index in [2.05, 4.69) is 17.3 Å². The molecule has 0 aliphatic carbocycles. The van der Waals surface area contributed by atoms with Gasteiger partial charge in [0, 0.05) is 10.0 Å². The van der Waals surface area contributed by atoms with Gasteiger partial charge >= 0.3 is 0 Å². The molecule has 1 atom stereocenters. The minimum atomic E-state index is -0.489. The molecule has 1 unspecified atom stereocenters. The molecule has 2 nitrogen and oxygen atoms in total. The van der Waals surface area contributed by atoms with Crippen molar-refractivity contribution in [3.63, 3.8) is 0 Å². The summed E-state index contributed by atoms with van der Waals surface area (Å²) in [5, 5.41) is 12.8. The molecule has 0 heterocycles. The van der Waals surface area contributed by atoms with Gasteiger partial charge in [-0.1, -0.05) is 29.1 Å². The molecule has 76 valence electrons. The first kappa shape index (κ1) is 11.9. The predicted molar refractivity (Wildman–Crippen MR) is 61.7 cm³/mol. The largest absolute Gasteiger partial charge is 0.287 e. The van der Waals surface area contributed by atoms with Crippen molar-refractivity contribution in [3.05, 3.63) is 33.8 Å². The molecule has 0 saturated carbocycles. The van der Waals surface area contributed by atoms with E-state index in [4.69, 9.17) is 34.9 Å². The van der Waals surface area contributed by atoms with Gasteiger partial charge in [-0.05, 0) is 23.8 Å². The predicted octanol–water partition coefficient (Wildman–Crippen LogP) is 2.78. The maximum Gasteiger partial charge on any atom is 0.122 e. The minimum absolute atomic E-state index is 0.322. The van der Waals surface area contributed by atoms with Gasteiger partial charge in [-0.3, -0.25) is 5.32 Å². The zero-order valence-corrected chi connectivity index (χ0v) is 9.31. The Morgan fingerprint density at radius 3 is 2.40 bits per heavy atom. The molecule has 4 heteroatoms. The lowest BCUT2D eigenvalue weighted by Gasteiger charge is -2.10. The molecule has 0 aliphatic heterocycles. The van der Waals surface area contributed by atoms with Gasteiger partial charge < -0.3 is 0 Å². The highest BCUT2D eigenvalue weighted by molar-refractivity contribution is 6.34. The van der Waals surface area contributed by atoms with Crippen LogP contribution >= 0.6 is 23.2 Å². The second-order valence-corrected chi connectivity index (χ2v) is 3.72. The molecule has 0 fully saturated rings. The summed E-state index contributed by atoms with van der Waals surface area (Å²) >= 11 is 11.6. The molecule has 0 aliphatic rings. The zero-order valence-electron chi connectivity index (χ0n) is 7.80. The Bertz CT molecular complexity index is 409. The summed E-state index contributed by atoms with van der Waals surface area (Å²) in [5.41, 5.74) is 0.713. The number of nitrogens with zero attached hydrogens (tertiary/aromatic N) is 1. The molecule has 0 saturated heterocycles. The molecule has 15 heavy (non-hydrogen) atoms. The van der Waals surface area contributed by atoms with Crippen LogP contribution in [0, 0.1) is 23.7 Å². The summed E-state index contributed by atoms with van der Waals surface area (Å²) in [6.45, 7) is 0.322. The van der Waals surface area contributed by atoms with Gasteiger partial charge in [0.25, 0.3) is 0 Å². The third-order valence-corrected chi connectivity index (χ3v) is 2.19. The van der Waals surface area contributed by atoms with E-state index in [1.807, 2.05) is 0 Å². The van der Waals surface area contributed by atoms with Gasteiger partial charge in [-0.2, -0.15) is 5.26 Å². The van der Waals surface area contributed by atoms with E-state index in [1.165, 1.54) is 0 Å². The number of halogens is 2. The first-order chi connectivity index (χ1) is 7.17. The fraction of sp³-hybridized carbons (Fsp3) is 0.182. The van der Waals surface area contributed by atoms with E-state index in [1.54, 1.807) is 18.2 Å². The van der Waals surface area contributed by atoms with Crippen molar-refractivity contribution in [3.8, 4) is 18.4 Å². The van der Waals surface area contributed by atoms with E-state index in [-0.39, 0.29) is 0 Å². The average molecular weight is 239 g/mol. The Morgan fingerprint density at radius 1 is 1.33 bits per heavy atom. The van der Waals surface area contributed by atoms with Crippen molar-refractivity contribution in [2.24, 2.45) is 0 Å². The fourth-order valence-electron chi connectivity index (χ4n) is 1.14. The molecule has 0 spiro atoms. The number of terminal acetylenes is 1. The van der Waals surface area contributed by atoms with Crippen LogP contribution in [-0.2, 0) is 0 Å². The standard InChI is InChI=1S/C11H8Cl2N2/c1-2-3-15-11(7-14)8-4-9(12)6-10(13)5-8/h1,4-6,11,15H,3H2. The van der Waals surface area contributed by atoms with Gasteiger partial charge in [0.15, 0.2) is 0 Å². The van der Waals surface area contributed by atoms with Crippen LogP contribution in [0.1, 0.15) is 11.6 Å². The van der Waals surface area contributed by atoms with E-state index >= 15 is 0 Å². The van der Waals surface area contributed by atoms with Crippen LogP contribution < -0.4 is 5.32 Å². The van der Waals surface area contributed by atoms with Crippen LogP contribution in [-0.4, -0.2) is 6.54 Å². The van der Waals surface area contributed by atoms with Gasteiger partial charge in [-0.25, -0.2) is 0 Å². The van der Waals surface area contributed by atoms with Gasteiger partial charge in [-0.15, -0.1) is 6.42 Å². The highest BCUT2D eigenvalue weighted by Crippen LogP contribution is 2.23. The molecule has 1 rings (SSSR count). The number of hydrogen-bond acceptors (Lipinski definition) is 2. The molecule has 1 N–H and O–H groups in total. The summed E-state index contributed by atoms with van der Waals surface area (Å²) in [6.07, 6.45) is 5.10. The van der Waals surface area contributed by atoms with Crippen molar-refractivity contribution in [2.75, 3.05) is 6.54 Å². The summed E-state index contributed by atoms with van der Waals surface area (Å²) in [4.78, 5) is 0. The SMILES string of the molecule is C#CCNC(C#N)c1cc(Cl)cc(Cl)c1.